The van der Waals surface area contributed by atoms with E-state index in [1.165, 1.54) is 19.3 Å². The van der Waals surface area contributed by atoms with Gasteiger partial charge in [0.15, 0.2) is 0 Å². The van der Waals surface area contributed by atoms with E-state index >= 15 is 0 Å². The Morgan fingerprint density at radius 3 is 2.89 bits per heavy atom. The maximum absolute atomic E-state index is 5.77. The minimum absolute atomic E-state index is 0.436. The number of rotatable bonds is 3. The van der Waals surface area contributed by atoms with E-state index < -0.39 is 0 Å². The summed E-state index contributed by atoms with van der Waals surface area (Å²) in [6, 6.07) is 5.76. The first-order valence-corrected chi connectivity index (χ1v) is 6.40. The van der Waals surface area contributed by atoms with E-state index in [-0.39, 0.29) is 0 Å². The Bertz CT molecular complexity index is 575. The van der Waals surface area contributed by atoms with Crippen molar-refractivity contribution in [1.82, 2.24) is 9.97 Å². The Balaban J connectivity index is 1.87. The molecule has 4 nitrogen and oxygen atoms in total. The molecule has 0 spiro atoms. The van der Waals surface area contributed by atoms with E-state index in [9.17, 15) is 0 Å². The molecule has 1 aromatic carbocycles. The second-order valence-electron chi connectivity index (χ2n) is 5.52. The van der Waals surface area contributed by atoms with E-state index in [0.29, 0.717) is 5.41 Å². The Labute approximate surface area is 107 Å². The van der Waals surface area contributed by atoms with Crippen molar-refractivity contribution in [3.8, 4) is 0 Å². The molecule has 4 heteroatoms. The molecule has 1 aromatic heterocycles. The van der Waals surface area contributed by atoms with Crippen LogP contribution in [0.15, 0.2) is 24.5 Å². The Morgan fingerprint density at radius 2 is 2.17 bits per heavy atom. The van der Waals surface area contributed by atoms with Gasteiger partial charge in [0.1, 0.15) is 12.1 Å². The van der Waals surface area contributed by atoms with Gasteiger partial charge in [-0.15, -0.1) is 0 Å². The number of benzene rings is 1. The molecular weight excluding hydrogens is 224 g/mol. The molecule has 0 amide bonds. The van der Waals surface area contributed by atoms with Crippen LogP contribution in [0.5, 0.6) is 0 Å². The molecule has 18 heavy (non-hydrogen) atoms. The predicted molar refractivity (Wildman–Crippen MR) is 74.4 cm³/mol. The van der Waals surface area contributed by atoms with Gasteiger partial charge in [-0.1, -0.05) is 13.3 Å². The zero-order chi connectivity index (χ0) is 12.6. The SMILES string of the molecule is CC1(CNc2ncnc3cc(N)ccc23)CCC1. The van der Waals surface area contributed by atoms with Crippen molar-refractivity contribution in [3.63, 3.8) is 0 Å². The first-order valence-electron chi connectivity index (χ1n) is 6.40. The third-order valence-corrected chi connectivity index (χ3v) is 3.90. The first-order chi connectivity index (χ1) is 8.66. The van der Waals surface area contributed by atoms with Crippen LogP contribution in [-0.4, -0.2) is 16.5 Å². The minimum Gasteiger partial charge on any atom is -0.399 e. The zero-order valence-corrected chi connectivity index (χ0v) is 10.6. The van der Waals surface area contributed by atoms with Crippen molar-refractivity contribution in [1.29, 1.82) is 0 Å². The molecule has 1 heterocycles. The maximum Gasteiger partial charge on any atom is 0.137 e. The summed E-state index contributed by atoms with van der Waals surface area (Å²) < 4.78 is 0. The Morgan fingerprint density at radius 1 is 1.33 bits per heavy atom. The number of nitrogens with one attached hydrogen (secondary N) is 1. The van der Waals surface area contributed by atoms with Crippen molar-refractivity contribution in [2.24, 2.45) is 5.41 Å². The average molecular weight is 242 g/mol. The highest BCUT2D eigenvalue weighted by Gasteiger charge is 2.31. The second kappa shape index (κ2) is 4.12. The van der Waals surface area contributed by atoms with Gasteiger partial charge in [-0.3, -0.25) is 0 Å². The van der Waals surface area contributed by atoms with Gasteiger partial charge < -0.3 is 11.1 Å². The lowest BCUT2D eigenvalue weighted by Gasteiger charge is -2.38. The molecule has 0 saturated heterocycles. The van der Waals surface area contributed by atoms with Crippen molar-refractivity contribution in [2.45, 2.75) is 26.2 Å². The van der Waals surface area contributed by atoms with E-state index in [1.807, 2.05) is 18.2 Å². The average Bonchev–Trinajstić information content (AvgIpc) is 2.33. The summed E-state index contributed by atoms with van der Waals surface area (Å²) in [6.07, 6.45) is 5.54. The number of nitrogen functional groups attached to an aromatic ring is 1. The van der Waals surface area contributed by atoms with Gasteiger partial charge in [0.05, 0.1) is 5.52 Å². The van der Waals surface area contributed by atoms with Crippen LogP contribution >= 0.6 is 0 Å². The quantitative estimate of drug-likeness (QED) is 0.812. The predicted octanol–water partition coefficient (Wildman–Crippen LogP) is 2.81. The molecule has 0 bridgehead atoms. The van der Waals surface area contributed by atoms with Gasteiger partial charge >= 0.3 is 0 Å². The Kier molecular flexibility index (Phi) is 2.58. The number of anilines is 2. The van der Waals surface area contributed by atoms with E-state index in [0.717, 1.165) is 29.0 Å². The molecule has 3 N–H and O–H groups in total. The summed E-state index contributed by atoms with van der Waals surface area (Å²) in [7, 11) is 0. The molecule has 0 aliphatic heterocycles. The summed E-state index contributed by atoms with van der Waals surface area (Å²) >= 11 is 0. The van der Waals surface area contributed by atoms with Gasteiger partial charge in [0.25, 0.3) is 0 Å². The Hall–Kier alpha value is -1.84. The lowest BCUT2D eigenvalue weighted by molar-refractivity contribution is 0.180. The highest BCUT2D eigenvalue weighted by atomic mass is 15.0. The fraction of sp³-hybridized carbons (Fsp3) is 0.429. The van der Waals surface area contributed by atoms with E-state index in [4.69, 9.17) is 5.73 Å². The van der Waals surface area contributed by atoms with Crippen LogP contribution in [0.25, 0.3) is 10.9 Å². The van der Waals surface area contributed by atoms with Crippen LogP contribution in [0.2, 0.25) is 0 Å². The first kappa shape index (κ1) is 11.3. The number of hydrogen-bond donors (Lipinski definition) is 2. The second-order valence-corrected chi connectivity index (χ2v) is 5.52. The largest absolute Gasteiger partial charge is 0.399 e. The highest BCUT2D eigenvalue weighted by molar-refractivity contribution is 5.90. The number of hydrogen-bond acceptors (Lipinski definition) is 4. The monoisotopic (exact) mass is 242 g/mol. The van der Waals surface area contributed by atoms with Crippen LogP contribution in [0.1, 0.15) is 26.2 Å². The van der Waals surface area contributed by atoms with Crippen molar-refractivity contribution in [3.05, 3.63) is 24.5 Å². The van der Waals surface area contributed by atoms with Crippen molar-refractivity contribution < 1.29 is 0 Å². The third-order valence-electron chi connectivity index (χ3n) is 3.90. The van der Waals surface area contributed by atoms with Gasteiger partial charge in [0.2, 0.25) is 0 Å². The number of fused-ring (bicyclic) bond motifs is 1. The van der Waals surface area contributed by atoms with Crippen molar-refractivity contribution in [2.75, 3.05) is 17.6 Å². The van der Waals surface area contributed by atoms with Crippen LogP contribution in [-0.2, 0) is 0 Å². The van der Waals surface area contributed by atoms with Crippen LogP contribution in [0, 0.1) is 5.41 Å². The summed E-state index contributed by atoms with van der Waals surface area (Å²) in [6.45, 7) is 3.30. The number of nitrogens with two attached hydrogens (primary N) is 1. The van der Waals surface area contributed by atoms with Gasteiger partial charge in [-0.25, -0.2) is 9.97 Å². The summed E-state index contributed by atoms with van der Waals surface area (Å²) in [5.74, 6) is 0.910. The fourth-order valence-corrected chi connectivity index (χ4v) is 2.47. The molecule has 0 atom stereocenters. The van der Waals surface area contributed by atoms with Gasteiger partial charge in [0, 0.05) is 17.6 Å². The lowest BCUT2D eigenvalue weighted by Crippen LogP contribution is -2.33. The fourth-order valence-electron chi connectivity index (χ4n) is 2.47. The van der Waals surface area contributed by atoms with Crippen molar-refractivity contribution >= 4 is 22.4 Å². The topological polar surface area (TPSA) is 63.8 Å². The summed E-state index contributed by atoms with van der Waals surface area (Å²) in [5, 5.41) is 4.49. The highest BCUT2D eigenvalue weighted by Crippen LogP contribution is 2.40. The van der Waals surface area contributed by atoms with E-state index in [1.54, 1.807) is 6.33 Å². The smallest absolute Gasteiger partial charge is 0.137 e. The third kappa shape index (κ3) is 1.98. The summed E-state index contributed by atoms with van der Waals surface area (Å²) in [5.41, 5.74) is 7.83. The number of aromatic nitrogens is 2. The van der Waals surface area contributed by atoms with Gasteiger partial charge in [-0.2, -0.15) is 0 Å². The molecule has 1 aliphatic rings. The molecule has 0 radical (unpaired) electrons. The molecule has 94 valence electrons. The minimum atomic E-state index is 0.436. The zero-order valence-electron chi connectivity index (χ0n) is 10.6. The van der Waals surface area contributed by atoms with Gasteiger partial charge in [-0.05, 0) is 36.5 Å². The van der Waals surface area contributed by atoms with Crippen LogP contribution in [0.3, 0.4) is 0 Å². The summed E-state index contributed by atoms with van der Waals surface area (Å²) in [4.78, 5) is 8.59. The number of nitrogens with zero attached hydrogens (tertiary/aromatic N) is 2. The lowest BCUT2D eigenvalue weighted by atomic mass is 9.70. The van der Waals surface area contributed by atoms with E-state index in [2.05, 4.69) is 22.2 Å². The molecule has 1 fully saturated rings. The molecule has 3 rings (SSSR count). The van der Waals surface area contributed by atoms with Crippen LogP contribution in [0.4, 0.5) is 11.5 Å². The standard InChI is InChI=1S/C14H18N4/c1-14(5-2-6-14)8-16-13-11-4-3-10(15)7-12(11)17-9-18-13/h3-4,7,9H,2,5-6,8,15H2,1H3,(H,16,17,18). The maximum atomic E-state index is 5.77. The molecule has 1 saturated carbocycles. The molecule has 2 aromatic rings. The molecule has 0 unspecified atom stereocenters. The molecule has 1 aliphatic carbocycles. The van der Waals surface area contributed by atoms with Crippen LogP contribution < -0.4 is 11.1 Å². The normalized spacial score (nSPS) is 17.4. The molecular formula is C14H18N4.